The molecule has 0 aromatic rings. The number of carbonyl (C=O) groups excluding carboxylic acids is 1. The Morgan fingerprint density at radius 1 is 1.26 bits per heavy atom. The first-order valence-electron chi connectivity index (χ1n) is 10.1. The maximum Gasteiger partial charge on any atom is 0.407 e. The second-order valence-corrected chi connectivity index (χ2v) is 7.40. The fraction of sp³-hybridized carbons (Fsp3) is 0.895. The number of piperidine rings is 1. The maximum absolute atomic E-state index is 11.7. The molecule has 1 fully saturated rings. The largest absolute Gasteiger partial charge is 0.450 e. The van der Waals surface area contributed by atoms with E-state index in [0.29, 0.717) is 25.1 Å². The molecule has 1 rings (SSSR count). The van der Waals surface area contributed by atoms with Gasteiger partial charge in [-0.15, -0.1) is 24.0 Å². The molecule has 1 saturated heterocycles. The normalized spacial score (nSPS) is 17.2. The number of aliphatic imine (C=N–C) groups is 1. The molecular formula is C19H40IN5O2. The van der Waals surface area contributed by atoms with Crippen LogP contribution in [0.25, 0.3) is 0 Å². The molecule has 1 aliphatic heterocycles. The van der Waals surface area contributed by atoms with Gasteiger partial charge in [0.2, 0.25) is 0 Å². The average Bonchev–Trinajstić information content (AvgIpc) is 2.59. The molecule has 0 aromatic heterocycles. The molecule has 0 radical (unpaired) electrons. The number of nitrogens with one attached hydrogen (secondary N) is 3. The highest BCUT2D eigenvalue weighted by Gasteiger charge is 2.20. The van der Waals surface area contributed by atoms with Gasteiger partial charge >= 0.3 is 6.09 Å². The molecule has 0 aliphatic carbocycles. The number of halogens is 1. The summed E-state index contributed by atoms with van der Waals surface area (Å²) in [6.07, 6.45) is 4.02. The minimum atomic E-state index is -0.355. The Bertz CT molecular complexity index is 426. The van der Waals surface area contributed by atoms with Crippen LogP contribution in [-0.4, -0.2) is 68.9 Å². The van der Waals surface area contributed by atoms with Crippen LogP contribution >= 0.6 is 24.0 Å². The van der Waals surface area contributed by atoms with E-state index in [1.54, 1.807) is 7.05 Å². The first-order chi connectivity index (χ1) is 12.5. The van der Waals surface area contributed by atoms with Gasteiger partial charge in [0, 0.05) is 38.8 Å². The quantitative estimate of drug-likeness (QED) is 0.260. The summed E-state index contributed by atoms with van der Waals surface area (Å²) in [5.41, 5.74) is 0. The van der Waals surface area contributed by atoms with Crippen LogP contribution in [0.2, 0.25) is 0 Å². The smallest absolute Gasteiger partial charge is 0.407 e. The number of ether oxygens (including phenoxy) is 1. The van der Waals surface area contributed by atoms with E-state index in [9.17, 15) is 4.79 Å². The van der Waals surface area contributed by atoms with Crippen molar-refractivity contribution in [3.63, 3.8) is 0 Å². The van der Waals surface area contributed by atoms with Gasteiger partial charge in [-0.3, -0.25) is 4.99 Å². The zero-order valence-electron chi connectivity index (χ0n) is 17.7. The lowest BCUT2D eigenvalue weighted by Gasteiger charge is -2.33. The van der Waals surface area contributed by atoms with Crippen molar-refractivity contribution in [2.24, 2.45) is 10.9 Å². The minimum Gasteiger partial charge on any atom is -0.450 e. The van der Waals surface area contributed by atoms with Crippen LogP contribution < -0.4 is 16.0 Å². The Balaban J connectivity index is 0.00000676. The van der Waals surface area contributed by atoms with Crippen LogP contribution in [0.4, 0.5) is 4.79 Å². The zero-order chi connectivity index (χ0) is 19.4. The van der Waals surface area contributed by atoms with Crippen LogP contribution in [0.15, 0.2) is 4.99 Å². The van der Waals surface area contributed by atoms with Gasteiger partial charge in [0.1, 0.15) is 0 Å². The van der Waals surface area contributed by atoms with Crippen molar-refractivity contribution in [3.8, 4) is 0 Å². The Kier molecular flexibility index (Phi) is 14.8. The fourth-order valence-electron chi connectivity index (χ4n) is 3.33. The number of carbonyl (C=O) groups is 1. The van der Waals surface area contributed by atoms with E-state index >= 15 is 0 Å². The second-order valence-electron chi connectivity index (χ2n) is 7.40. The van der Waals surface area contributed by atoms with E-state index < -0.39 is 0 Å². The van der Waals surface area contributed by atoms with E-state index in [2.05, 4.69) is 46.6 Å². The van der Waals surface area contributed by atoms with E-state index in [1.165, 1.54) is 13.0 Å². The summed E-state index contributed by atoms with van der Waals surface area (Å²) in [6, 6.07) is 0.467. The third kappa shape index (κ3) is 11.6. The fourth-order valence-corrected chi connectivity index (χ4v) is 3.33. The van der Waals surface area contributed by atoms with Crippen molar-refractivity contribution in [1.82, 2.24) is 20.9 Å². The minimum absolute atomic E-state index is 0. The summed E-state index contributed by atoms with van der Waals surface area (Å²) in [4.78, 5) is 18.6. The van der Waals surface area contributed by atoms with Crippen LogP contribution in [0, 0.1) is 5.92 Å². The molecule has 1 heterocycles. The van der Waals surface area contributed by atoms with Gasteiger partial charge in [-0.25, -0.2) is 4.79 Å². The summed E-state index contributed by atoms with van der Waals surface area (Å²) in [5.74, 6) is 1.29. The molecule has 0 bridgehead atoms. The maximum atomic E-state index is 11.7. The summed E-state index contributed by atoms with van der Waals surface area (Å²) in [7, 11) is 1.79. The number of guanidine groups is 1. The molecule has 1 unspecified atom stereocenters. The standard InChI is InChI=1S/C19H39N5O2.HI/c1-6-10-24-11-8-16(9-12-24)22-18(20-5)21-14-17(13-15(3)4)23-19(25)26-7-2;/h15-17H,6-14H2,1-5H3,(H,23,25)(H2,20,21,22);1H. The lowest BCUT2D eigenvalue weighted by Crippen LogP contribution is -2.52. The Morgan fingerprint density at radius 3 is 2.44 bits per heavy atom. The van der Waals surface area contributed by atoms with Crippen molar-refractivity contribution in [3.05, 3.63) is 0 Å². The number of likely N-dealkylation sites (tertiary alicyclic amines) is 1. The van der Waals surface area contributed by atoms with Crippen molar-refractivity contribution < 1.29 is 9.53 Å². The molecule has 7 nitrogen and oxygen atoms in total. The first-order valence-corrected chi connectivity index (χ1v) is 10.1. The van der Waals surface area contributed by atoms with Gasteiger partial charge in [-0.1, -0.05) is 20.8 Å². The van der Waals surface area contributed by atoms with Crippen LogP contribution in [0.1, 0.15) is 53.4 Å². The van der Waals surface area contributed by atoms with Gasteiger partial charge in [-0.05, 0) is 45.1 Å². The van der Waals surface area contributed by atoms with E-state index in [1.807, 2.05) is 6.92 Å². The predicted molar refractivity (Wildman–Crippen MR) is 123 cm³/mol. The molecular weight excluding hydrogens is 457 g/mol. The Hall–Kier alpha value is -0.770. The van der Waals surface area contributed by atoms with E-state index in [0.717, 1.165) is 38.3 Å². The van der Waals surface area contributed by atoms with E-state index in [-0.39, 0.29) is 36.1 Å². The van der Waals surface area contributed by atoms with Gasteiger partial charge < -0.3 is 25.6 Å². The first kappa shape index (κ1) is 26.2. The average molecular weight is 497 g/mol. The molecule has 3 N–H and O–H groups in total. The van der Waals surface area contributed by atoms with Gasteiger partial charge in [-0.2, -0.15) is 0 Å². The lowest BCUT2D eigenvalue weighted by atomic mass is 10.0. The van der Waals surface area contributed by atoms with Crippen molar-refractivity contribution >= 4 is 36.0 Å². The van der Waals surface area contributed by atoms with E-state index in [4.69, 9.17) is 4.74 Å². The molecule has 160 valence electrons. The van der Waals surface area contributed by atoms with Gasteiger partial charge in [0.05, 0.1) is 6.61 Å². The molecule has 0 spiro atoms. The second kappa shape index (κ2) is 15.2. The SMILES string of the molecule is CCCN1CCC(NC(=NC)NCC(CC(C)C)NC(=O)OCC)CC1.I. The number of hydrogen-bond acceptors (Lipinski definition) is 4. The highest BCUT2D eigenvalue weighted by molar-refractivity contribution is 14.0. The number of alkyl carbamates (subject to hydrolysis) is 1. The molecule has 0 aromatic carbocycles. The highest BCUT2D eigenvalue weighted by Crippen LogP contribution is 2.10. The Labute approximate surface area is 182 Å². The Morgan fingerprint density at radius 2 is 1.93 bits per heavy atom. The van der Waals surface area contributed by atoms with Crippen LogP contribution in [0.5, 0.6) is 0 Å². The third-order valence-corrected chi connectivity index (χ3v) is 4.56. The topological polar surface area (TPSA) is 78.0 Å². The lowest BCUT2D eigenvalue weighted by molar-refractivity contribution is 0.146. The summed E-state index contributed by atoms with van der Waals surface area (Å²) < 4.78 is 5.01. The molecule has 1 aliphatic rings. The molecule has 8 heteroatoms. The van der Waals surface area contributed by atoms with Crippen LogP contribution in [0.3, 0.4) is 0 Å². The molecule has 27 heavy (non-hydrogen) atoms. The monoisotopic (exact) mass is 497 g/mol. The molecule has 1 atom stereocenters. The highest BCUT2D eigenvalue weighted by atomic mass is 127. The number of nitrogens with zero attached hydrogens (tertiary/aromatic N) is 2. The summed E-state index contributed by atoms with van der Waals surface area (Å²) >= 11 is 0. The van der Waals surface area contributed by atoms with Crippen molar-refractivity contribution in [2.45, 2.75) is 65.5 Å². The van der Waals surface area contributed by atoms with Gasteiger partial charge in [0.15, 0.2) is 5.96 Å². The molecule has 0 saturated carbocycles. The number of hydrogen-bond donors (Lipinski definition) is 3. The predicted octanol–water partition coefficient (Wildman–Crippen LogP) is 2.80. The third-order valence-electron chi connectivity index (χ3n) is 4.56. The van der Waals surface area contributed by atoms with Crippen molar-refractivity contribution in [1.29, 1.82) is 0 Å². The van der Waals surface area contributed by atoms with Gasteiger partial charge in [0.25, 0.3) is 0 Å². The number of amides is 1. The summed E-state index contributed by atoms with van der Waals surface area (Å²) in [6.45, 7) is 12.8. The van der Waals surface area contributed by atoms with Crippen LogP contribution in [-0.2, 0) is 4.74 Å². The zero-order valence-corrected chi connectivity index (χ0v) is 20.0. The summed E-state index contributed by atoms with van der Waals surface area (Å²) in [5, 5.41) is 9.82. The van der Waals surface area contributed by atoms with Crippen molar-refractivity contribution in [2.75, 3.05) is 39.8 Å². The number of rotatable bonds is 9. The molecule has 1 amide bonds.